The molecule has 1 aliphatic rings. The van der Waals surface area contributed by atoms with Crippen LogP contribution in [0.15, 0.2) is 42.5 Å². The summed E-state index contributed by atoms with van der Waals surface area (Å²) in [5, 5.41) is 3.36. The molecule has 0 unspecified atom stereocenters. The van der Waals surface area contributed by atoms with E-state index in [9.17, 15) is 4.39 Å². The molecular weight excluding hydrogens is 251 g/mol. The molecule has 0 aromatic heterocycles. The van der Waals surface area contributed by atoms with Crippen LogP contribution < -0.4 is 5.32 Å². The molecule has 0 aliphatic carbocycles. The summed E-state index contributed by atoms with van der Waals surface area (Å²) in [5.41, 5.74) is 5.13. The van der Waals surface area contributed by atoms with Gasteiger partial charge in [0.15, 0.2) is 0 Å². The van der Waals surface area contributed by atoms with Gasteiger partial charge in [-0.25, -0.2) is 4.39 Å². The van der Waals surface area contributed by atoms with Gasteiger partial charge in [-0.1, -0.05) is 30.3 Å². The van der Waals surface area contributed by atoms with Gasteiger partial charge in [-0.3, -0.25) is 4.90 Å². The van der Waals surface area contributed by atoms with Gasteiger partial charge in [0, 0.05) is 26.2 Å². The van der Waals surface area contributed by atoms with Crippen molar-refractivity contribution in [2.45, 2.75) is 26.2 Å². The minimum absolute atomic E-state index is 0.167. The lowest BCUT2D eigenvalue weighted by Crippen LogP contribution is -2.17. The number of rotatable bonds is 4. The number of halogens is 1. The molecule has 20 heavy (non-hydrogen) atoms. The zero-order valence-electron chi connectivity index (χ0n) is 11.7. The molecule has 104 valence electrons. The Balaban J connectivity index is 1.65. The molecule has 1 N–H and O–H groups in total. The van der Waals surface area contributed by atoms with Crippen LogP contribution in [0.1, 0.15) is 22.3 Å². The van der Waals surface area contributed by atoms with Crippen molar-refractivity contribution in [2.75, 3.05) is 7.05 Å². The van der Waals surface area contributed by atoms with Crippen LogP contribution in [-0.4, -0.2) is 11.9 Å². The van der Waals surface area contributed by atoms with Gasteiger partial charge < -0.3 is 5.32 Å². The molecule has 0 fully saturated rings. The monoisotopic (exact) mass is 270 g/mol. The molecule has 2 aromatic rings. The maximum absolute atomic E-state index is 13.2. The maximum atomic E-state index is 13.2. The molecule has 1 heterocycles. The van der Waals surface area contributed by atoms with Crippen LogP contribution in [0, 0.1) is 5.82 Å². The second-order valence-corrected chi connectivity index (χ2v) is 5.51. The minimum Gasteiger partial charge on any atom is -0.309 e. The van der Waals surface area contributed by atoms with Gasteiger partial charge in [-0.15, -0.1) is 0 Å². The Kier molecular flexibility index (Phi) is 3.81. The molecule has 0 spiro atoms. The molecule has 3 rings (SSSR count). The molecule has 0 saturated heterocycles. The highest BCUT2D eigenvalue weighted by Gasteiger charge is 2.11. The summed E-state index contributed by atoms with van der Waals surface area (Å²) in [5.74, 6) is -0.167. The van der Waals surface area contributed by atoms with Gasteiger partial charge in [-0.2, -0.15) is 0 Å². The van der Waals surface area contributed by atoms with E-state index in [-0.39, 0.29) is 5.82 Å². The molecule has 2 nitrogen and oxygen atoms in total. The summed E-state index contributed by atoms with van der Waals surface area (Å²) in [7, 11) is 2.07. The van der Waals surface area contributed by atoms with Crippen molar-refractivity contribution in [3.8, 4) is 0 Å². The minimum atomic E-state index is -0.167. The normalized spacial score (nSPS) is 13.8. The average Bonchev–Trinajstić information content (AvgIpc) is 2.86. The summed E-state index contributed by atoms with van der Waals surface area (Å²) in [4.78, 5) is 2.21. The lowest BCUT2D eigenvalue weighted by molar-refractivity contribution is 0.318. The van der Waals surface area contributed by atoms with E-state index in [2.05, 4.69) is 35.5 Å². The fourth-order valence-corrected chi connectivity index (χ4v) is 2.76. The van der Waals surface area contributed by atoms with Crippen molar-refractivity contribution in [1.82, 2.24) is 10.2 Å². The first-order valence-electron chi connectivity index (χ1n) is 6.95. The number of fused-ring (bicyclic) bond motifs is 1. The molecule has 0 bridgehead atoms. The Hall–Kier alpha value is -1.71. The largest absolute Gasteiger partial charge is 0.309 e. The lowest BCUT2D eigenvalue weighted by atomic mass is 10.1. The van der Waals surface area contributed by atoms with Crippen LogP contribution in [0.25, 0.3) is 0 Å². The van der Waals surface area contributed by atoms with E-state index in [1.54, 1.807) is 12.1 Å². The van der Waals surface area contributed by atoms with Crippen LogP contribution in [0.2, 0.25) is 0 Å². The molecule has 1 aliphatic heterocycles. The molecule has 0 saturated carbocycles. The maximum Gasteiger partial charge on any atom is 0.123 e. The van der Waals surface area contributed by atoms with E-state index in [0.717, 1.165) is 31.7 Å². The number of benzene rings is 2. The van der Waals surface area contributed by atoms with Gasteiger partial charge >= 0.3 is 0 Å². The third kappa shape index (κ3) is 3.06. The standard InChI is InChI=1S/C17H19FN2/c1-20(11-13-3-2-4-17(18)8-13)12-14-5-6-15-9-19-10-16(15)7-14/h2-8,19H,9-12H2,1H3. The Labute approximate surface area is 119 Å². The van der Waals surface area contributed by atoms with E-state index in [1.165, 1.54) is 22.8 Å². The van der Waals surface area contributed by atoms with Crippen LogP contribution in [0.4, 0.5) is 4.39 Å². The van der Waals surface area contributed by atoms with Crippen molar-refractivity contribution in [2.24, 2.45) is 0 Å². The predicted octanol–water partition coefficient (Wildman–Crippen LogP) is 3.06. The van der Waals surface area contributed by atoms with Crippen LogP contribution >= 0.6 is 0 Å². The molecule has 3 heteroatoms. The molecule has 0 amide bonds. The van der Waals surface area contributed by atoms with Crippen LogP contribution in [0.5, 0.6) is 0 Å². The first-order chi connectivity index (χ1) is 9.70. The van der Waals surface area contributed by atoms with Crippen molar-refractivity contribution in [3.05, 3.63) is 70.5 Å². The summed E-state index contributed by atoms with van der Waals surface area (Å²) in [6.45, 7) is 3.59. The number of nitrogens with one attached hydrogen (secondary N) is 1. The number of hydrogen-bond acceptors (Lipinski definition) is 2. The van der Waals surface area contributed by atoms with Crippen molar-refractivity contribution in [1.29, 1.82) is 0 Å². The average molecular weight is 270 g/mol. The van der Waals surface area contributed by atoms with E-state index in [1.807, 2.05) is 6.07 Å². The summed E-state index contributed by atoms with van der Waals surface area (Å²) < 4.78 is 13.2. The molecule has 2 aromatic carbocycles. The zero-order chi connectivity index (χ0) is 13.9. The van der Waals surface area contributed by atoms with Crippen LogP contribution in [0.3, 0.4) is 0 Å². The molecule has 0 atom stereocenters. The number of nitrogens with zero attached hydrogens (tertiary/aromatic N) is 1. The Morgan fingerprint density at radius 2 is 1.75 bits per heavy atom. The van der Waals surface area contributed by atoms with E-state index in [4.69, 9.17) is 0 Å². The summed E-state index contributed by atoms with van der Waals surface area (Å²) in [6.07, 6.45) is 0. The SMILES string of the molecule is CN(Cc1cccc(F)c1)Cc1ccc2c(c1)CNC2. The highest BCUT2D eigenvalue weighted by molar-refractivity contribution is 5.34. The van der Waals surface area contributed by atoms with Crippen LogP contribution in [-0.2, 0) is 26.2 Å². The van der Waals surface area contributed by atoms with Gasteiger partial charge in [0.05, 0.1) is 0 Å². The van der Waals surface area contributed by atoms with Crippen molar-refractivity contribution < 1.29 is 4.39 Å². The predicted molar refractivity (Wildman–Crippen MR) is 78.6 cm³/mol. The number of hydrogen-bond donors (Lipinski definition) is 1. The molecular formula is C17H19FN2. The van der Waals surface area contributed by atoms with Crippen molar-refractivity contribution in [3.63, 3.8) is 0 Å². The fourth-order valence-electron chi connectivity index (χ4n) is 2.76. The lowest BCUT2D eigenvalue weighted by Gasteiger charge is -2.17. The first-order valence-corrected chi connectivity index (χ1v) is 6.95. The second-order valence-electron chi connectivity index (χ2n) is 5.51. The van der Waals surface area contributed by atoms with E-state index < -0.39 is 0 Å². The topological polar surface area (TPSA) is 15.3 Å². The van der Waals surface area contributed by atoms with Gasteiger partial charge in [0.1, 0.15) is 5.82 Å². The third-order valence-corrected chi connectivity index (χ3v) is 3.70. The van der Waals surface area contributed by atoms with E-state index in [0.29, 0.717) is 0 Å². The second kappa shape index (κ2) is 5.73. The van der Waals surface area contributed by atoms with E-state index >= 15 is 0 Å². The zero-order valence-corrected chi connectivity index (χ0v) is 11.7. The third-order valence-electron chi connectivity index (χ3n) is 3.70. The smallest absolute Gasteiger partial charge is 0.123 e. The summed E-state index contributed by atoms with van der Waals surface area (Å²) in [6, 6.07) is 13.5. The quantitative estimate of drug-likeness (QED) is 0.918. The van der Waals surface area contributed by atoms with Crippen molar-refractivity contribution >= 4 is 0 Å². The van der Waals surface area contributed by atoms with Gasteiger partial charge in [0.25, 0.3) is 0 Å². The molecule has 0 radical (unpaired) electrons. The van der Waals surface area contributed by atoms with Gasteiger partial charge in [-0.05, 0) is 41.4 Å². The fraction of sp³-hybridized carbons (Fsp3) is 0.294. The Morgan fingerprint density at radius 3 is 2.55 bits per heavy atom. The first kappa shape index (κ1) is 13.3. The highest BCUT2D eigenvalue weighted by Crippen LogP contribution is 2.18. The van der Waals surface area contributed by atoms with Gasteiger partial charge in [0.2, 0.25) is 0 Å². The Morgan fingerprint density at radius 1 is 1.00 bits per heavy atom. The Bertz CT molecular complexity index is 610. The highest BCUT2D eigenvalue weighted by atomic mass is 19.1. The summed E-state index contributed by atoms with van der Waals surface area (Å²) >= 11 is 0.